The highest BCUT2D eigenvalue weighted by Crippen LogP contribution is 2.19. The number of rotatable bonds is 7. The molecule has 0 saturated carbocycles. The SMILES string of the molecule is CCOC(=O)C[C@H](N)c1ccc(OCC(C)C)cc1. The van der Waals surface area contributed by atoms with Gasteiger partial charge in [0.1, 0.15) is 5.75 Å². The summed E-state index contributed by atoms with van der Waals surface area (Å²) in [6, 6.07) is 7.20. The molecular weight excluding hydrogens is 242 g/mol. The van der Waals surface area contributed by atoms with Crippen molar-refractivity contribution in [3.05, 3.63) is 29.8 Å². The highest BCUT2D eigenvalue weighted by Gasteiger charge is 2.12. The fourth-order valence-electron chi connectivity index (χ4n) is 1.59. The molecule has 0 aliphatic carbocycles. The Kier molecular flexibility index (Phi) is 6.36. The number of carbonyl (C=O) groups is 1. The number of esters is 1. The van der Waals surface area contributed by atoms with Crippen LogP contribution in [0.25, 0.3) is 0 Å². The van der Waals surface area contributed by atoms with Crippen LogP contribution in [0.4, 0.5) is 0 Å². The molecule has 0 aromatic heterocycles. The molecule has 4 heteroatoms. The molecule has 106 valence electrons. The van der Waals surface area contributed by atoms with Crippen LogP contribution in [0.1, 0.15) is 38.8 Å². The molecule has 0 radical (unpaired) electrons. The first kappa shape index (κ1) is 15.5. The molecule has 0 aliphatic rings. The van der Waals surface area contributed by atoms with E-state index in [2.05, 4.69) is 13.8 Å². The first-order valence-corrected chi connectivity index (χ1v) is 6.66. The van der Waals surface area contributed by atoms with Crippen molar-refractivity contribution in [3.63, 3.8) is 0 Å². The maximum Gasteiger partial charge on any atom is 0.307 e. The fraction of sp³-hybridized carbons (Fsp3) is 0.533. The molecule has 1 rings (SSSR count). The van der Waals surface area contributed by atoms with Gasteiger partial charge in [0.05, 0.1) is 19.6 Å². The lowest BCUT2D eigenvalue weighted by Crippen LogP contribution is -2.17. The van der Waals surface area contributed by atoms with Crippen LogP contribution >= 0.6 is 0 Å². The van der Waals surface area contributed by atoms with E-state index in [9.17, 15) is 4.79 Å². The number of hydrogen-bond donors (Lipinski definition) is 1. The van der Waals surface area contributed by atoms with E-state index in [1.807, 2.05) is 24.3 Å². The first-order chi connectivity index (χ1) is 9.02. The molecule has 0 aliphatic heterocycles. The second-order valence-corrected chi connectivity index (χ2v) is 4.89. The van der Waals surface area contributed by atoms with Crippen molar-refractivity contribution in [2.45, 2.75) is 33.2 Å². The molecular formula is C15H23NO3. The highest BCUT2D eigenvalue weighted by molar-refractivity contribution is 5.70. The first-order valence-electron chi connectivity index (χ1n) is 6.66. The molecule has 0 heterocycles. The Hall–Kier alpha value is -1.55. The van der Waals surface area contributed by atoms with E-state index < -0.39 is 0 Å². The second-order valence-electron chi connectivity index (χ2n) is 4.89. The quantitative estimate of drug-likeness (QED) is 0.770. The number of carbonyl (C=O) groups excluding carboxylic acids is 1. The lowest BCUT2D eigenvalue weighted by molar-refractivity contribution is -0.143. The molecule has 0 amide bonds. The summed E-state index contributed by atoms with van der Waals surface area (Å²) in [4.78, 5) is 11.3. The van der Waals surface area contributed by atoms with Crippen LogP contribution in [0.5, 0.6) is 5.75 Å². The van der Waals surface area contributed by atoms with Crippen LogP contribution in [-0.4, -0.2) is 19.2 Å². The zero-order valence-corrected chi connectivity index (χ0v) is 11.9. The zero-order valence-electron chi connectivity index (χ0n) is 11.9. The van der Waals surface area contributed by atoms with Gasteiger partial charge in [-0.1, -0.05) is 26.0 Å². The van der Waals surface area contributed by atoms with Crippen LogP contribution in [-0.2, 0) is 9.53 Å². The lowest BCUT2D eigenvalue weighted by atomic mass is 10.0. The van der Waals surface area contributed by atoms with Crippen LogP contribution in [0.2, 0.25) is 0 Å². The van der Waals surface area contributed by atoms with Crippen LogP contribution < -0.4 is 10.5 Å². The fourth-order valence-corrected chi connectivity index (χ4v) is 1.59. The normalized spacial score (nSPS) is 12.3. The minimum atomic E-state index is -0.335. The smallest absolute Gasteiger partial charge is 0.307 e. The highest BCUT2D eigenvalue weighted by atomic mass is 16.5. The van der Waals surface area contributed by atoms with Gasteiger partial charge in [-0.15, -0.1) is 0 Å². The maximum atomic E-state index is 11.3. The van der Waals surface area contributed by atoms with E-state index >= 15 is 0 Å². The Morgan fingerprint density at radius 3 is 2.42 bits per heavy atom. The van der Waals surface area contributed by atoms with Crippen molar-refractivity contribution in [3.8, 4) is 5.75 Å². The van der Waals surface area contributed by atoms with E-state index in [0.717, 1.165) is 11.3 Å². The molecule has 4 nitrogen and oxygen atoms in total. The number of hydrogen-bond acceptors (Lipinski definition) is 4. The van der Waals surface area contributed by atoms with Crippen LogP contribution in [0.15, 0.2) is 24.3 Å². The molecule has 1 aromatic carbocycles. The third-order valence-corrected chi connectivity index (χ3v) is 2.58. The van der Waals surface area contributed by atoms with E-state index in [1.54, 1.807) is 6.92 Å². The van der Waals surface area contributed by atoms with Crippen molar-refractivity contribution < 1.29 is 14.3 Å². The molecule has 0 spiro atoms. The molecule has 0 fully saturated rings. The monoisotopic (exact) mass is 265 g/mol. The Morgan fingerprint density at radius 2 is 1.89 bits per heavy atom. The van der Waals surface area contributed by atoms with Gasteiger partial charge in [-0.2, -0.15) is 0 Å². The minimum absolute atomic E-state index is 0.194. The summed E-state index contributed by atoms with van der Waals surface area (Å²) < 4.78 is 10.5. The molecule has 19 heavy (non-hydrogen) atoms. The predicted octanol–water partition coefficient (Wildman–Crippen LogP) is 2.67. The van der Waals surface area contributed by atoms with Gasteiger partial charge in [0.25, 0.3) is 0 Å². The zero-order chi connectivity index (χ0) is 14.3. The van der Waals surface area contributed by atoms with Crippen molar-refractivity contribution in [1.82, 2.24) is 0 Å². The van der Waals surface area contributed by atoms with Crippen molar-refractivity contribution >= 4 is 5.97 Å². The second kappa shape index (κ2) is 7.79. The molecule has 2 N–H and O–H groups in total. The third kappa shape index (κ3) is 5.75. The van der Waals surface area contributed by atoms with E-state index in [-0.39, 0.29) is 18.4 Å². The van der Waals surface area contributed by atoms with Crippen molar-refractivity contribution in [2.24, 2.45) is 11.7 Å². The van der Waals surface area contributed by atoms with Gasteiger partial charge in [-0.25, -0.2) is 0 Å². The van der Waals surface area contributed by atoms with Gasteiger partial charge < -0.3 is 15.2 Å². The summed E-state index contributed by atoms with van der Waals surface area (Å²) >= 11 is 0. The summed E-state index contributed by atoms with van der Waals surface area (Å²) in [5.74, 6) is 1.04. The van der Waals surface area contributed by atoms with E-state index in [4.69, 9.17) is 15.2 Å². The van der Waals surface area contributed by atoms with Gasteiger partial charge in [-0.3, -0.25) is 4.79 Å². The summed E-state index contributed by atoms with van der Waals surface area (Å²) in [5, 5.41) is 0. The Balaban J connectivity index is 2.52. The summed E-state index contributed by atoms with van der Waals surface area (Å²) in [7, 11) is 0. The Labute approximate surface area is 114 Å². The van der Waals surface area contributed by atoms with Crippen LogP contribution in [0, 0.1) is 5.92 Å². The lowest BCUT2D eigenvalue weighted by Gasteiger charge is -2.13. The molecule has 1 aromatic rings. The average Bonchev–Trinajstić information content (AvgIpc) is 2.37. The third-order valence-electron chi connectivity index (χ3n) is 2.58. The molecule has 0 saturated heterocycles. The number of ether oxygens (including phenoxy) is 2. The van der Waals surface area contributed by atoms with E-state index in [1.165, 1.54) is 0 Å². The van der Waals surface area contributed by atoms with Gasteiger partial charge >= 0.3 is 5.97 Å². The molecule has 1 atom stereocenters. The Bertz CT molecular complexity index is 387. The minimum Gasteiger partial charge on any atom is -0.493 e. The average molecular weight is 265 g/mol. The van der Waals surface area contributed by atoms with Gasteiger partial charge in [0.15, 0.2) is 0 Å². The maximum absolute atomic E-state index is 11.3. The summed E-state index contributed by atoms with van der Waals surface area (Å²) in [6.07, 6.45) is 0.194. The predicted molar refractivity (Wildman–Crippen MR) is 75.0 cm³/mol. The van der Waals surface area contributed by atoms with Gasteiger partial charge in [0.2, 0.25) is 0 Å². The van der Waals surface area contributed by atoms with E-state index in [0.29, 0.717) is 19.1 Å². The standard InChI is InChI=1S/C15H23NO3/c1-4-18-15(17)9-14(16)12-5-7-13(8-6-12)19-10-11(2)3/h5-8,11,14H,4,9-10,16H2,1-3H3/t14-/m0/s1. The molecule has 0 unspecified atom stereocenters. The van der Waals surface area contributed by atoms with Gasteiger partial charge in [-0.05, 0) is 30.5 Å². The van der Waals surface area contributed by atoms with Crippen molar-refractivity contribution in [1.29, 1.82) is 0 Å². The summed E-state index contributed by atoms with van der Waals surface area (Å²) in [6.45, 7) is 7.05. The van der Waals surface area contributed by atoms with Crippen molar-refractivity contribution in [2.75, 3.05) is 13.2 Å². The molecule has 0 bridgehead atoms. The van der Waals surface area contributed by atoms with Crippen LogP contribution in [0.3, 0.4) is 0 Å². The number of benzene rings is 1. The summed E-state index contributed by atoms with van der Waals surface area (Å²) in [5.41, 5.74) is 6.86. The topological polar surface area (TPSA) is 61.5 Å². The largest absolute Gasteiger partial charge is 0.493 e. The van der Waals surface area contributed by atoms with Gasteiger partial charge in [0, 0.05) is 6.04 Å². The number of nitrogens with two attached hydrogens (primary N) is 1. The Morgan fingerprint density at radius 1 is 1.26 bits per heavy atom.